The Morgan fingerprint density at radius 3 is 2.37 bits per heavy atom. The number of rotatable bonds is 8. The number of hydrogen-bond donors (Lipinski definition) is 0. The maximum Gasteiger partial charge on any atom is 0.257 e. The van der Waals surface area contributed by atoms with Gasteiger partial charge in [-0.25, -0.2) is 0 Å². The Hall–Kier alpha value is -3.84. The van der Waals surface area contributed by atoms with Crippen molar-refractivity contribution in [2.45, 2.75) is 26.4 Å². The van der Waals surface area contributed by atoms with Gasteiger partial charge in [-0.05, 0) is 43.2 Å². The SMILES string of the molecule is CCOc1ccc(CN2CC(=O)c3cccc(N4CCN([C@H](C)c5ccccc5)CC4)c3C2=O)cc1OC. The molecule has 0 radical (unpaired) electrons. The van der Waals surface area contributed by atoms with Gasteiger partial charge < -0.3 is 19.3 Å². The largest absolute Gasteiger partial charge is 0.493 e. The molecular formula is C31H35N3O4. The van der Waals surface area contributed by atoms with Crippen LogP contribution in [0, 0.1) is 0 Å². The van der Waals surface area contributed by atoms with Crippen LogP contribution in [0.15, 0.2) is 66.7 Å². The van der Waals surface area contributed by atoms with Gasteiger partial charge in [0.25, 0.3) is 5.91 Å². The minimum atomic E-state index is -0.108. The molecule has 2 heterocycles. The summed E-state index contributed by atoms with van der Waals surface area (Å²) in [4.78, 5) is 33.3. The number of nitrogens with zero attached hydrogens (tertiary/aromatic N) is 3. The maximum atomic E-state index is 13.8. The second kappa shape index (κ2) is 11.3. The van der Waals surface area contributed by atoms with E-state index in [1.165, 1.54) is 5.56 Å². The lowest BCUT2D eigenvalue weighted by molar-refractivity contribution is 0.0669. The van der Waals surface area contributed by atoms with Crippen LogP contribution >= 0.6 is 0 Å². The predicted octanol–water partition coefficient (Wildman–Crippen LogP) is 4.82. The van der Waals surface area contributed by atoms with Gasteiger partial charge in [-0.2, -0.15) is 0 Å². The molecule has 1 saturated heterocycles. The second-order valence-electron chi connectivity index (χ2n) is 9.81. The van der Waals surface area contributed by atoms with Gasteiger partial charge in [0.05, 0.1) is 31.5 Å². The summed E-state index contributed by atoms with van der Waals surface area (Å²) in [6.45, 7) is 8.45. The summed E-state index contributed by atoms with van der Waals surface area (Å²) < 4.78 is 11.1. The van der Waals surface area contributed by atoms with E-state index in [9.17, 15) is 9.59 Å². The lowest BCUT2D eigenvalue weighted by Gasteiger charge is -2.40. The molecule has 0 aliphatic carbocycles. The van der Waals surface area contributed by atoms with Gasteiger partial charge in [0, 0.05) is 44.3 Å². The highest BCUT2D eigenvalue weighted by Gasteiger charge is 2.34. The van der Waals surface area contributed by atoms with E-state index in [0.717, 1.165) is 37.4 Å². The number of ketones is 1. The summed E-state index contributed by atoms with van der Waals surface area (Å²) in [6, 6.07) is 22.2. The van der Waals surface area contributed by atoms with E-state index >= 15 is 0 Å². The van der Waals surface area contributed by atoms with E-state index in [1.807, 2.05) is 43.3 Å². The zero-order chi connectivity index (χ0) is 26.6. The number of Topliss-reactive ketones (excluding diaryl/α,β-unsaturated/α-hetero) is 1. The normalized spacial score (nSPS) is 16.8. The molecule has 2 aliphatic rings. The van der Waals surface area contributed by atoms with Gasteiger partial charge in [-0.1, -0.05) is 48.5 Å². The molecule has 38 heavy (non-hydrogen) atoms. The summed E-state index contributed by atoms with van der Waals surface area (Å²) in [7, 11) is 1.60. The number of methoxy groups -OCH3 is 1. The number of hydrogen-bond acceptors (Lipinski definition) is 6. The number of amides is 1. The molecule has 0 aromatic heterocycles. The monoisotopic (exact) mass is 513 g/mol. The van der Waals surface area contributed by atoms with E-state index in [-0.39, 0.29) is 18.2 Å². The number of fused-ring (bicyclic) bond motifs is 1. The summed E-state index contributed by atoms with van der Waals surface area (Å²) in [6.07, 6.45) is 0. The summed E-state index contributed by atoms with van der Waals surface area (Å²) in [5.74, 6) is 1.14. The molecule has 5 rings (SSSR count). The average Bonchev–Trinajstić information content (AvgIpc) is 2.96. The van der Waals surface area contributed by atoms with Gasteiger partial charge >= 0.3 is 0 Å². The molecule has 3 aromatic carbocycles. The molecule has 3 aromatic rings. The molecule has 7 nitrogen and oxygen atoms in total. The van der Waals surface area contributed by atoms with Gasteiger partial charge in [0.15, 0.2) is 17.3 Å². The Balaban J connectivity index is 1.34. The predicted molar refractivity (Wildman–Crippen MR) is 148 cm³/mol. The molecule has 198 valence electrons. The van der Waals surface area contributed by atoms with Crippen LogP contribution < -0.4 is 14.4 Å². The molecular weight excluding hydrogens is 478 g/mol. The first-order valence-corrected chi connectivity index (χ1v) is 13.3. The van der Waals surface area contributed by atoms with Crippen molar-refractivity contribution < 1.29 is 19.1 Å². The fourth-order valence-corrected chi connectivity index (χ4v) is 5.47. The van der Waals surface area contributed by atoms with Crippen molar-refractivity contribution in [1.29, 1.82) is 0 Å². The lowest BCUT2D eigenvalue weighted by atomic mass is 9.94. The topological polar surface area (TPSA) is 62.3 Å². The highest BCUT2D eigenvalue weighted by atomic mass is 16.5. The fourth-order valence-electron chi connectivity index (χ4n) is 5.47. The lowest BCUT2D eigenvalue weighted by Crippen LogP contribution is -2.48. The number of piperazine rings is 1. The van der Waals surface area contributed by atoms with E-state index in [2.05, 4.69) is 41.0 Å². The molecule has 0 saturated carbocycles. The summed E-state index contributed by atoms with van der Waals surface area (Å²) in [5, 5.41) is 0. The van der Waals surface area contributed by atoms with Crippen LogP contribution in [0.5, 0.6) is 11.5 Å². The van der Waals surface area contributed by atoms with Crippen molar-refractivity contribution in [2.24, 2.45) is 0 Å². The second-order valence-corrected chi connectivity index (χ2v) is 9.81. The van der Waals surface area contributed by atoms with Crippen LogP contribution in [0.25, 0.3) is 0 Å². The zero-order valence-electron chi connectivity index (χ0n) is 22.4. The summed E-state index contributed by atoms with van der Waals surface area (Å²) >= 11 is 0. The number of anilines is 1. The molecule has 7 heteroatoms. The molecule has 0 unspecified atom stereocenters. The first-order valence-electron chi connectivity index (χ1n) is 13.3. The molecule has 0 N–H and O–H groups in total. The highest BCUT2D eigenvalue weighted by molar-refractivity contribution is 6.16. The van der Waals surface area contributed by atoms with Gasteiger partial charge in [0.2, 0.25) is 0 Å². The molecule has 1 fully saturated rings. The van der Waals surface area contributed by atoms with Crippen LogP contribution in [0.4, 0.5) is 5.69 Å². The molecule has 0 spiro atoms. The van der Waals surface area contributed by atoms with E-state index in [1.54, 1.807) is 18.1 Å². The van der Waals surface area contributed by atoms with Gasteiger partial charge in [-0.3, -0.25) is 14.5 Å². The minimum absolute atomic E-state index is 0.0318. The molecule has 1 amide bonds. The quantitative estimate of drug-likeness (QED) is 0.431. The Morgan fingerprint density at radius 1 is 0.895 bits per heavy atom. The zero-order valence-corrected chi connectivity index (χ0v) is 22.4. The minimum Gasteiger partial charge on any atom is -0.493 e. The van der Waals surface area contributed by atoms with Gasteiger partial charge in [0.1, 0.15) is 0 Å². The van der Waals surface area contributed by atoms with Crippen LogP contribution in [-0.2, 0) is 6.54 Å². The van der Waals surface area contributed by atoms with Crippen molar-refractivity contribution in [3.8, 4) is 11.5 Å². The number of benzene rings is 3. The Bertz CT molecular complexity index is 1300. The van der Waals surface area contributed by atoms with E-state index in [0.29, 0.717) is 41.8 Å². The summed E-state index contributed by atoms with van der Waals surface area (Å²) in [5.41, 5.74) is 4.08. The molecule has 2 aliphatic heterocycles. The van der Waals surface area contributed by atoms with Crippen molar-refractivity contribution in [1.82, 2.24) is 9.80 Å². The fraction of sp³-hybridized carbons (Fsp3) is 0.355. The third-order valence-electron chi connectivity index (χ3n) is 7.56. The smallest absolute Gasteiger partial charge is 0.257 e. The van der Waals surface area contributed by atoms with Crippen molar-refractivity contribution in [2.75, 3.05) is 51.3 Å². The van der Waals surface area contributed by atoms with E-state index in [4.69, 9.17) is 9.47 Å². The number of carbonyl (C=O) groups is 2. The van der Waals surface area contributed by atoms with Crippen LogP contribution in [-0.4, -0.2) is 67.9 Å². The first-order chi connectivity index (χ1) is 18.5. The third-order valence-corrected chi connectivity index (χ3v) is 7.56. The van der Waals surface area contributed by atoms with Gasteiger partial charge in [-0.15, -0.1) is 0 Å². The average molecular weight is 514 g/mol. The molecule has 0 bridgehead atoms. The Labute approximate surface area is 224 Å². The van der Waals surface area contributed by atoms with E-state index < -0.39 is 0 Å². The van der Waals surface area contributed by atoms with Crippen LogP contribution in [0.2, 0.25) is 0 Å². The van der Waals surface area contributed by atoms with Crippen LogP contribution in [0.1, 0.15) is 51.7 Å². The molecule has 1 atom stereocenters. The first kappa shape index (κ1) is 25.8. The Morgan fingerprint density at radius 2 is 1.66 bits per heavy atom. The number of ether oxygens (including phenoxy) is 2. The van der Waals surface area contributed by atoms with Crippen molar-refractivity contribution >= 4 is 17.4 Å². The van der Waals surface area contributed by atoms with Crippen molar-refractivity contribution in [3.05, 3.63) is 89.0 Å². The third kappa shape index (κ3) is 5.11. The number of carbonyl (C=O) groups excluding carboxylic acids is 2. The standard InChI is InChI=1S/C31H35N3O4/c1-4-38-28-14-13-23(19-29(28)37-3)20-34-21-27(35)25-11-8-12-26(30(25)31(34)36)33-17-15-32(16-18-33)22(2)24-9-6-5-7-10-24/h5-14,19,22H,4,15-18,20-21H2,1-3H3/t22-/m1/s1. The Kier molecular flexibility index (Phi) is 7.65. The van der Waals surface area contributed by atoms with Crippen LogP contribution in [0.3, 0.4) is 0 Å². The van der Waals surface area contributed by atoms with Crippen molar-refractivity contribution in [3.63, 3.8) is 0 Å². The highest BCUT2D eigenvalue weighted by Crippen LogP contribution is 2.33. The maximum absolute atomic E-state index is 13.8.